The van der Waals surface area contributed by atoms with Crippen LogP contribution in [-0.4, -0.2) is 13.1 Å². The zero-order valence-corrected chi connectivity index (χ0v) is 9.53. The highest BCUT2D eigenvalue weighted by Gasteiger charge is 2.22. The van der Waals surface area contributed by atoms with Crippen LogP contribution in [0.1, 0.15) is 36.7 Å². The van der Waals surface area contributed by atoms with Gasteiger partial charge in [-0.1, -0.05) is 39.0 Å². The van der Waals surface area contributed by atoms with Gasteiger partial charge in [0.25, 0.3) is 0 Å². The van der Waals surface area contributed by atoms with Gasteiger partial charge in [0.05, 0.1) is 12.7 Å². The normalized spacial score (nSPS) is 11.2. The number of hydrogen-bond donors (Lipinski definition) is 0. The molecule has 0 spiro atoms. The number of hydrogen-bond acceptors (Lipinski definition) is 3. The molecule has 0 heterocycles. The highest BCUT2D eigenvalue weighted by molar-refractivity contribution is 5.91. The molecular formula is C12H16O3. The third kappa shape index (κ3) is 2.80. The lowest BCUT2D eigenvalue weighted by Crippen LogP contribution is -2.17. The van der Waals surface area contributed by atoms with Gasteiger partial charge in [-0.2, -0.15) is 4.89 Å². The lowest BCUT2D eigenvalue weighted by atomic mass is 9.84. The molecule has 1 aromatic rings. The van der Waals surface area contributed by atoms with E-state index in [0.717, 1.165) is 5.56 Å². The van der Waals surface area contributed by atoms with Gasteiger partial charge in [-0.05, 0) is 17.0 Å². The lowest BCUT2D eigenvalue weighted by Gasteiger charge is -2.21. The SMILES string of the molecule is COOC(=O)c1ccccc1C(C)(C)C. The van der Waals surface area contributed by atoms with Crippen LogP contribution in [0.5, 0.6) is 0 Å². The molecule has 0 aliphatic carbocycles. The predicted octanol–water partition coefficient (Wildman–Crippen LogP) is 2.70. The van der Waals surface area contributed by atoms with Crippen LogP contribution < -0.4 is 0 Å². The second kappa shape index (κ2) is 4.45. The molecule has 0 bridgehead atoms. The Kier molecular flexibility index (Phi) is 3.48. The van der Waals surface area contributed by atoms with Crippen molar-refractivity contribution < 1.29 is 14.6 Å². The van der Waals surface area contributed by atoms with Crippen molar-refractivity contribution in [1.82, 2.24) is 0 Å². The molecule has 3 nitrogen and oxygen atoms in total. The van der Waals surface area contributed by atoms with Crippen LogP contribution >= 0.6 is 0 Å². The first-order valence-electron chi connectivity index (χ1n) is 4.81. The van der Waals surface area contributed by atoms with E-state index in [9.17, 15) is 4.79 Å². The first-order chi connectivity index (χ1) is 6.96. The van der Waals surface area contributed by atoms with E-state index in [4.69, 9.17) is 0 Å². The summed E-state index contributed by atoms with van der Waals surface area (Å²) >= 11 is 0. The topological polar surface area (TPSA) is 35.5 Å². The van der Waals surface area contributed by atoms with Crippen LogP contribution in [0.2, 0.25) is 0 Å². The number of carbonyl (C=O) groups is 1. The minimum absolute atomic E-state index is 0.0939. The van der Waals surface area contributed by atoms with Crippen molar-refractivity contribution in [3.63, 3.8) is 0 Å². The van der Waals surface area contributed by atoms with Gasteiger partial charge < -0.3 is 0 Å². The first-order valence-corrected chi connectivity index (χ1v) is 4.81. The molecule has 3 heteroatoms. The Morgan fingerprint density at radius 1 is 1.20 bits per heavy atom. The fraction of sp³-hybridized carbons (Fsp3) is 0.417. The molecule has 0 N–H and O–H groups in total. The Morgan fingerprint density at radius 2 is 1.80 bits per heavy atom. The maximum absolute atomic E-state index is 11.6. The van der Waals surface area contributed by atoms with Gasteiger partial charge in [0, 0.05) is 0 Å². The van der Waals surface area contributed by atoms with Crippen molar-refractivity contribution in [3.05, 3.63) is 35.4 Å². The van der Waals surface area contributed by atoms with Crippen molar-refractivity contribution in [1.29, 1.82) is 0 Å². The quantitative estimate of drug-likeness (QED) is 0.553. The Balaban J connectivity index is 3.12. The number of benzene rings is 1. The van der Waals surface area contributed by atoms with Gasteiger partial charge in [-0.3, -0.25) is 4.89 Å². The van der Waals surface area contributed by atoms with Crippen LogP contribution in [-0.2, 0) is 15.2 Å². The van der Waals surface area contributed by atoms with E-state index in [-0.39, 0.29) is 5.41 Å². The van der Waals surface area contributed by atoms with Gasteiger partial charge >= 0.3 is 5.97 Å². The second-order valence-electron chi connectivity index (χ2n) is 4.33. The summed E-state index contributed by atoms with van der Waals surface area (Å²) in [7, 11) is 1.32. The average molecular weight is 208 g/mol. The van der Waals surface area contributed by atoms with Crippen LogP contribution in [0, 0.1) is 0 Å². The summed E-state index contributed by atoms with van der Waals surface area (Å²) in [5.41, 5.74) is 1.41. The fourth-order valence-corrected chi connectivity index (χ4v) is 1.44. The molecule has 0 saturated heterocycles. The van der Waals surface area contributed by atoms with Crippen molar-refractivity contribution in [2.24, 2.45) is 0 Å². The van der Waals surface area contributed by atoms with E-state index >= 15 is 0 Å². The standard InChI is InChI=1S/C12H16O3/c1-12(2,3)10-8-6-5-7-9(10)11(13)15-14-4/h5-8H,1-4H3. The molecule has 1 aromatic carbocycles. The minimum atomic E-state index is -0.456. The van der Waals surface area contributed by atoms with Crippen molar-refractivity contribution in [2.75, 3.05) is 7.11 Å². The van der Waals surface area contributed by atoms with E-state index in [1.165, 1.54) is 7.11 Å². The van der Waals surface area contributed by atoms with Gasteiger partial charge in [-0.25, -0.2) is 4.79 Å². The zero-order chi connectivity index (χ0) is 11.5. The Labute approximate surface area is 89.9 Å². The van der Waals surface area contributed by atoms with E-state index in [1.54, 1.807) is 6.07 Å². The van der Waals surface area contributed by atoms with Gasteiger partial charge in [0.15, 0.2) is 0 Å². The molecule has 0 amide bonds. The van der Waals surface area contributed by atoms with E-state index in [0.29, 0.717) is 5.56 Å². The Morgan fingerprint density at radius 3 is 2.33 bits per heavy atom. The number of carbonyl (C=O) groups excluding carboxylic acids is 1. The van der Waals surface area contributed by atoms with Crippen LogP contribution in [0.25, 0.3) is 0 Å². The van der Waals surface area contributed by atoms with Crippen LogP contribution in [0.3, 0.4) is 0 Å². The first kappa shape index (κ1) is 11.7. The summed E-state index contributed by atoms with van der Waals surface area (Å²) in [4.78, 5) is 20.5. The average Bonchev–Trinajstić information content (AvgIpc) is 2.17. The molecule has 0 fully saturated rings. The minimum Gasteiger partial charge on any atom is -0.293 e. The largest absolute Gasteiger partial charge is 0.373 e. The molecule has 82 valence electrons. The summed E-state index contributed by atoms with van der Waals surface area (Å²) in [6.07, 6.45) is 0. The molecule has 0 radical (unpaired) electrons. The lowest BCUT2D eigenvalue weighted by molar-refractivity contribution is -0.216. The number of rotatable bonds is 2. The van der Waals surface area contributed by atoms with Crippen LogP contribution in [0.4, 0.5) is 0 Å². The van der Waals surface area contributed by atoms with Crippen LogP contribution in [0.15, 0.2) is 24.3 Å². The van der Waals surface area contributed by atoms with Gasteiger partial charge in [0.1, 0.15) is 0 Å². The maximum Gasteiger partial charge on any atom is 0.373 e. The third-order valence-corrected chi connectivity index (χ3v) is 2.11. The molecular weight excluding hydrogens is 192 g/mol. The van der Waals surface area contributed by atoms with Gasteiger partial charge in [0.2, 0.25) is 0 Å². The smallest absolute Gasteiger partial charge is 0.293 e. The van der Waals surface area contributed by atoms with Crippen molar-refractivity contribution >= 4 is 5.97 Å². The molecule has 0 unspecified atom stereocenters. The zero-order valence-electron chi connectivity index (χ0n) is 9.53. The van der Waals surface area contributed by atoms with Crippen molar-refractivity contribution in [3.8, 4) is 0 Å². The molecule has 0 saturated carbocycles. The van der Waals surface area contributed by atoms with Gasteiger partial charge in [-0.15, -0.1) is 0 Å². The Hall–Kier alpha value is -1.35. The molecule has 0 aromatic heterocycles. The monoisotopic (exact) mass is 208 g/mol. The molecule has 15 heavy (non-hydrogen) atoms. The molecule has 0 aliphatic rings. The maximum atomic E-state index is 11.6. The van der Waals surface area contributed by atoms with E-state index in [1.807, 2.05) is 39.0 Å². The summed E-state index contributed by atoms with van der Waals surface area (Å²) in [6.45, 7) is 6.14. The van der Waals surface area contributed by atoms with E-state index < -0.39 is 5.97 Å². The summed E-state index contributed by atoms with van der Waals surface area (Å²) in [5, 5.41) is 0. The second-order valence-corrected chi connectivity index (χ2v) is 4.33. The Bertz CT molecular complexity index is 350. The van der Waals surface area contributed by atoms with Crippen molar-refractivity contribution in [2.45, 2.75) is 26.2 Å². The van der Waals surface area contributed by atoms with E-state index in [2.05, 4.69) is 9.78 Å². The summed E-state index contributed by atoms with van der Waals surface area (Å²) in [5.74, 6) is -0.456. The summed E-state index contributed by atoms with van der Waals surface area (Å²) < 4.78 is 0. The molecule has 1 rings (SSSR count). The summed E-state index contributed by atoms with van der Waals surface area (Å²) in [6, 6.07) is 7.37. The predicted molar refractivity (Wildman–Crippen MR) is 57.6 cm³/mol. The highest BCUT2D eigenvalue weighted by Crippen LogP contribution is 2.26. The fourth-order valence-electron chi connectivity index (χ4n) is 1.44. The third-order valence-electron chi connectivity index (χ3n) is 2.11. The molecule has 0 aliphatic heterocycles. The highest BCUT2D eigenvalue weighted by atomic mass is 17.2. The molecule has 0 atom stereocenters.